The fourth-order valence-corrected chi connectivity index (χ4v) is 4.01. The Kier molecular flexibility index (Phi) is 4.81. The van der Waals surface area contributed by atoms with Crippen LogP contribution in [0.2, 0.25) is 0 Å². The smallest absolute Gasteiger partial charge is 0.342 e. The normalized spacial score (nSPS) is 24.2. The van der Waals surface area contributed by atoms with Crippen molar-refractivity contribution in [3.63, 3.8) is 0 Å². The van der Waals surface area contributed by atoms with Crippen molar-refractivity contribution in [3.8, 4) is 11.5 Å². The van der Waals surface area contributed by atoms with E-state index in [4.69, 9.17) is 23.7 Å². The number of para-hydroxylation sites is 1. The van der Waals surface area contributed by atoms with Crippen molar-refractivity contribution in [2.24, 2.45) is 5.92 Å². The highest BCUT2D eigenvalue weighted by Crippen LogP contribution is 2.42. The number of hydrogen-bond acceptors (Lipinski definition) is 6. The molecule has 25 heavy (non-hydrogen) atoms. The second-order valence-electron chi connectivity index (χ2n) is 6.71. The molecule has 6 heteroatoms. The predicted octanol–water partition coefficient (Wildman–Crippen LogP) is 2.94. The van der Waals surface area contributed by atoms with Crippen LogP contribution in [0.5, 0.6) is 11.5 Å². The lowest BCUT2D eigenvalue weighted by Crippen LogP contribution is -2.42. The Balaban J connectivity index is 1.36. The first-order valence-electron chi connectivity index (χ1n) is 9.12. The summed E-state index contributed by atoms with van der Waals surface area (Å²) in [5.41, 5.74) is 0.420. The quantitative estimate of drug-likeness (QED) is 0.780. The Bertz CT molecular complexity index is 622. The molecule has 1 unspecified atom stereocenters. The van der Waals surface area contributed by atoms with Crippen LogP contribution in [-0.4, -0.2) is 44.8 Å². The Morgan fingerprint density at radius 2 is 1.96 bits per heavy atom. The minimum absolute atomic E-state index is 0.279. The monoisotopic (exact) mass is 348 g/mol. The third-order valence-electron chi connectivity index (χ3n) is 5.21. The molecule has 1 saturated heterocycles. The number of fused-ring (bicyclic) bond motifs is 1. The van der Waals surface area contributed by atoms with Gasteiger partial charge in [0, 0.05) is 12.3 Å². The van der Waals surface area contributed by atoms with E-state index >= 15 is 0 Å². The number of esters is 1. The fourth-order valence-electron chi connectivity index (χ4n) is 4.01. The Morgan fingerprint density at radius 3 is 2.84 bits per heavy atom. The van der Waals surface area contributed by atoms with Gasteiger partial charge in [-0.05, 0) is 31.4 Å². The predicted molar refractivity (Wildman–Crippen MR) is 88.9 cm³/mol. The third kappa shape index (κ3) is 3.33. The Hall–Kier alpha value is -1.79. The standard InChI is InChI=1S/C19H24O6/c20-18(15-5-3-6-16-17(15)22-11-10-21-16)23-9-7-14-4-1-2-8-19(14)24-12-13-25-19/h3,5-6,14H,1-2,4,7-13H2. The van der Waals surface area contributed by atoms with Gasteiger partial charge in [-0.15, -0.1) is 0 Å². The molecule has 1 atom stereocenters. The van der Waals surface area contributed by atoms with Crippen LogP contribution in [0.1, 0.15) is 42.5 Å². The van der Waals surface area contributed by atoms with Crippen LogP contribution < -0.4 is 9.47 Å². The maximum Gasteiger partial charge on any atom is 0.342 e. The zero-order valence-electron chi connectivity index (χ0n) is 14.3. The van der Waals surface area contributed by atoms with E-state index in [2.05, 4.69) is 0 Å². The van der Waals surface area contributed by atoms with Crippen LogP contribution in [-0.2, 0) is 14.2 Å². The van der Waals surface area contributed by atoms with E-state index in [-0.39, 0.29) is 11.9 Å². The van der Waals surface area contributed by atoms with Gasteiger partial charge in [0.25, 0.3) is 0 Å². The van der Waals surface area contributed by atoms with Gasteiger partial charge >= 0.3 is 5.97 Å². The van der Waals surface area contributed by atoms with Crippen molar-refractivity contribution >= 4 is 5.97 Å². The highest BCUT2D eigenvalue weighted by molar-refractivity contribution is 5.93. The van der Waals surface area contributed by atoms with E-state index in [0.29, 0.717) is 50.1 Å². The van der Waals surface area contributed by atoms with E-state index in [1.807, 2.05) is 0 Å². The molecular formula is C19H24O6. The first kappa shape index (κ1) is 16.7. The zero-order valence-corrected chi connectivity index (χ0v) is 14.3. The molecule has 0 N–H and O–H groups in total. The van der Waals surface area contributed by atoms with E-state index in [1.165, 1.54) is 6.42 Å². The summed E-state index contributed by atoms with van der Waals surface area (Å²) in [4.78, 5) is 12.5. The number of ether oxygens (including phenoxy) is 5. The number of benzene rings is 1. The lowest BCUT2D eigenvalue weighted by molar-refractivity contribution is -0.215. The molecule has 0 bridgehead atoms. The highest BCUT2D eigenvalue weighted by Gasteiger charge is 2.45. The Morgan fingerprint density at radius 1 is 1.12 bits per heavy atom. The van der Waals surface area contributed by atoms with Crippen LogP contribution in [0.15, 0.2) is 18.2 Å². The van der Waals surface area contributed by atoms with Gasteiger partial charge in [-0.2, -0.15) is 0 Å². The SMILES string of the molecule is O=C(OCCC1CCCCC12OCCO2)c1cccc2c1OCCO2. The summed E-state index contributed by atoms with van der Waals surface area (Å²) in [6.45, 7) is 2.60. The van der Waals surface area contributed by atoms with E-state index in [0.717, 1.165) is 25.7 Å². The summed E-state index contributed by atoms with van der Waals surface area (Å²) in [5, 5.41) is 0. The number of carbonyl (C=O) groups excluding carboxylic acids is 1. The largest absolute Gasteiger partial charge is 0.486 e. The van der Waals surface area contributed by atoms with Gasteiger partial charge in [0.05, 0.1) is 19.8 Å². The second-order valence-corrected chi connectivity index (χ2v) is 6.71. The van der Waals surface area contributed by atoms with Crippen LogP contribution in [0, 0.1) is 5.92 Å². The molecule has 2 aliphatic heterocycles. The van der Waals surface area contributed by atoms with Gasteiger partial charge in [-0.3, -0.25) is 0 Å². The van der Waals surface area contributed by atoms with E-state index in [1.54, 1.807) is 18.2 Å². The summed E-state index contributed by atoms with van der Waals surface area (Å²) in [5.74, 6) is 0.532. The van der Waals surface area contributed by atoms with Crippen molar-refractivity contribution in [1.29, 1.82) is 0 Å². The molecule has 6 nitrogen and oxygen atoms in total. The summed E-state index contributed by atoms with van der Waals surface area (Å²) in [6, 6.07) is 5.29. The second kappa shape index (κ2) is 7.22. The molecule has 0 amide bonds. The van der Waals surface area contributed by atoms with Crippen molar-refractivity contribution in [2.45, 2.75) is 37.9 Å². The third-order valence-corrected chi connectivity index (χ3v) is 5.21. The molecule has 2 fully saturated rings. The van der Waals surface area contributed by atoms with Gasteiger partial charge in [0.2, 0.25) is 0 Å². The highest BCUT2D eigenvalue weighted by atomic mass is 16.7. The average Bonchev–Trinajstić information content (AvgIpc) is 3.12. The molecule has 0 aromatic heterocycles. The molecule has 1 aromatic rings. The summed E-state index contributed by atoms with van der Waals surface area (Å²) in [6.07, 6.45) is 5.03. The van der Waals surface area contributed by atoms with Crippen LogP contribution in [0.4, 0.5) is 0 Å². The Labute approximate surface area is 147 Å². The molecule has 3 aliphatic rings. The number of carbonyl (C=O) groups is 1. The van der Waals surface area contributed by atoms with Crippen molar-refractivity contribution < 1.29 is 28.5 Å². The lowest BCUT2D eigenvalue weighted by atomic mass is 9.81. The van der Waals surface area contributed by atoms with Gasteiger partial charge in [0.15, 0.2) is 17.3 Å². The maximum atomic E-state index is 12.5. The first-order chi connectivity index (χ1) is 12.3. The molecular weight excluding hydrogens is 324 g/mol. The summed E-state index contributed by atoms with van der Waals surface area (Å²) < 4.78 is 28.4. The van der Waals surface area contributed by atoms with E-state index in [9.17, 15) is 4.79 Å². The van der Waals surface area contributed by atoms with Crippen molar-refractivity contribution in [3.05, 3.63) is 23.8 Å². The van der Waals surface area contributed by atoms with E-state index < -0.39 is 5.79 Å². The molecule has 4 rings (SSSR count). The molecule has 1 saturated carbocycles. The zero-order chi connectivity index (χ0) is 17.1. The lowest BCUT2D eigenvalue weighted by Gasteiger charge is -2.39. The van der Waals surface area contributed by atoms with Gasteiger partial charge < -0.3 is 23.7 Å². The maximum absolute atomic E-state index is 12.5. The van der Waals surface area contributed by atoms with Gasteiger partial charge in [0.1, 0.15) is 18.8 Å². The molecule has 1 spiro atoms. The summed E-state index contributed by atoms with van der Waals surface area (Å²) >= 11 is 0. The van der Waals surface area contributed by atoms with Crippen LogP contribution in [0.25, 0.3) is 0 Å². The van der Waals surface area contributed by atoms with Crippen LogP contribution >= 0.6 is 0 Å². The number of hydrogen-bond donors (Lipinski definition) is 0. The number of rotatable bonds is 4. The van der Waals surface area contributed by atoms with Crippen molar-refractivity contribution in [1.82, 2.24) is 0 Å². The first-order valence-corrected chi connectivity index (χ1v) is 9.12. The van der Waals surface area contributed by atoms with Crippen LogP contribution in [0.3, 0.4) is 0 Å². The van der Waals surface area contributed by atoms with Crippen molar-refractivity contribution in [2.75, 3.05) is 33.0 Å². The average molecular weight is 348 g/mol. The molecule has 0 radical (unpaired) electrons. The summed E-state index contributed by atoms with van der Waals surface area (Å²) in [7, 11) is 0. The van der Waals surface area contributed by atoms with Gasteiger partial charge in [-0.25, -0.2) is 4.79 Å². The molecule has 2 heterocycles. The molecule has 1 aliphatic carbocycles. The minimum Gasteiger partial charge on any atom is -0.486 e. The minimum atomic E-state index is -0.451. The topological polar surface area (TPSA) is 63.2 Å². The fraction of sp³-hybridized carbons (Fsp3) is 0.632. The molecule has 1 aromatic carbocycles. The molecule has 136 valence electrons. The van der Waals surface area contributed by atoms with Gasteiger partial charge in [-0.1, -0.05) is 12.5 Å².